The van der Waals surface area contributed by atoms with E-state index in [1.807, 2.05) is 36.7 Å². The fourth-order valence-corrected chi connectivity index (χ4v) is 6.15. The molecule has 43 heavy (non-hydrogen) atoms. The largest absolute Gasteiger partial charge is 0.457 e. The maximum Gasteiger partial charge on any atom is 0.137 e. The van der Waals surface area contributed by atoms with E-state index in [1.54, 1.807) is 0 Å². The van der Waals surface area contributed by atoms with Gasteiger partial charge in [0.2, 0.25) is 0 Å². The summed E-state index contributed by atoms with van der Waals surface area (Å²) in [5.41, 5.74) is 5.60. The minimum absolute atomic E-state index is 0.0150. The molecule has 0 amide bonds. The van der Waals surface area contributed by atoms with Crippen molar-refractivity contribution in [2.75, 3.05) is 0 Å². The first-order valence-corrected chi connectivity index (χ1v) is 14.6. The summed E-state index contributed by atoms with van der Waals surface area (Å²) in [5, 5.41) is 4.70. The standard InChI is InChI=1S/C38H30N4O/c1-38(2,3)25-19-21-40-37(22-25)42-33-13-7-5-11-29(33)31-18-16-27(24-35(31)42)43-26-15-17-30-28-10-4-6-12-32(28)41(34(30)23-26)36-14-8-9-20-39-36/h4-24H,1-3H3. The van der Waals surface area contributed by atoms with E-state index in [4.69, 9.17) is 9.72 Å². The van der Waals surface area contributed by atoms with Crippen molar-refractivity contribution in [2.24, 2.45) is 0 Å². The number of hydrogen-bond acceptors (Lipinski definition) is 3. The summed E-state index contributed by atoms with van der Waals surface area (Å²) in [5.74, 6) is 3.31. The van der Waals surface area contributed by atoms with E-state index >= 15 is 0 Å². The highest BCUT2D eigenvalue weighted by Crippen LogP contribution is 2.38. The van der Waals surface area contributed by atoms with E-state index < -0.39 is 0 Å². The molecule has 4 heterocycles. The first kappa shape index (κ1) is 25.3. The fraction of sp³-hybridized carbons (Fsp3) is 0.105. The van der Waals surface area contributed by atoms with Gasteiger partial charge >= 0.3 is 0 Å². The molecule has 0 N–H and O–H groups in total. The van der Waals surface area contributed by atoms with Crippen molar-refractivity contribution >= 4 is 43.6 Å². The van der Waals surface area contributed by atoms with E-state index in [-0.39, 0.29) is 5.41 Å². The highest BCUT2D eigenvalue weighted by molar-refractivity contribution is 6.10. The van der Waals surface area contributed by atoms with Gasteiger partial charge in [-0.3, -0.25) is 9.13 Å². The second-order valence-electron chi connectivity index (χ2n) is 12.0. The van der Waals surface area contributed by atoms with Crippen molar-refractivity contribution < 1.29 is 4.74 Å². The van der Waals surface area contributed by atoms with Crippen LogP contribution in [0.15, 0.2) is 128 Å². The molecular weight excluding hydrogens is 528 g/mol. The van der Waals surface area contributed by atoms with Crippen molar-refractivity contribution in [1.29, 1.82) is 0 Å². The van der Waals surface area contributed by atoms with Crippen molar-refractivity contribution in [2.45, 2.75) is 26.2 Å². The Bertz CT molecular complexity index is 2310. The van der Waals surface area contributed by atoms with Crippen molar-refractivity contribution in [3.63, 3.8) is 0 Å². The van der Waals surface area contributed by atoms with Gasteiger partial charge in [0.25, 0.3) is 0 Å². The van der Waals surface area contributed by atoms with E-state index in [2.05, 4.69) is 126 Å². The third-order valence-corrected chi connectivity index (χ3v) is 8.25. The SMILES string of the molecule is CC(C)(C)c1ccnc(-n2c3ccccc3c3ccc(Oc4ccc5c6ccccc6n(-c6ccccn6)c5c4)cc32)c1. The second kappa shape index (κ2) is 9.57. The molecule has 0 fully saturated rings. The smallest absolute Gasteiger partial charge is 0.137 e. The molecule has 208 valence electrons. The first-order chi connectivity index (χ1) is 21.0. The monoisotopic (exact) mass is 558 g/mol. The number of aromatic nitrogens is 4. The number of pyridine rings is 2. The van der Waals surface area contributed by atoms with Gasteiger partial charge in [-0.2, -0.15) is 0 Å². The van der Waals surface area contributed by atoms with Gasteiger partial charge in [0.15, 0.2) is 0 Å². The molecule has 0 radical (unpaired) electrons. The first-order valence-electron chi connectivity index (χ1n) is 14.6. The summed E-state index contributed by atoms with van der Waals surface area (Å²) in [7, 11) is 0. The average molecular weight is 559 g/mol. The van der Waals surface area contributed by atoms with Gasteiger partial charge < -0.3 is 4.74 Å². The van der Waals surface area contributed by atoms with Crippen LogP contribution in [0.3, 0.4) is 0 Å². The van der Waals surface area contributed by atoms with Crippen LogP contribution < -0.4 is 4.74 Å². The molecule has 4 aromatic carbocycles. The van der Waals surface area contributed by atoms with Gasteiger partial charge in [0, 0.05) is 46.1 Å². The van der Waals surface area contributed by atoms with Crippen LogP contribution in [-0.4, -0.2) is 19.1 Å². The number of ether oxygens (including phenoxy) is 1. The Morgan fingerprint density at radius 2 is 1.02 bits per heavy atom. The molecule has 8 aromatic rings. The Balaban J connectivity index is 1.28. The number of para-hydroxylation sites is 2. The predicted molar refractivity (Wildman–Crippen MR) is 176 cm³/mol. The Hall–Kier alpha value is -5.42. The van der Waals surface area contributed by atoms with Gasteiger partial charge in [0.05, 0.1) is 22.1 Å². The quantitative estimate of drug-likeness (QED) is 0.216. The average Bonchev–Trinajstić information content (AvgIpc) is 3.53. The van der Waals surface area contributed by atoms with Gasteiger partial charge in [0.1, 0.15) is 23.1 Å². The molecule has 0 saturated heterocycles. The van der Waals surface area contributed by atoms with Crippen LogP contribution in [0.5, 0.6) is 11.5 Å². The molecule has 5 nitrogen and oxygen atoms in total. The zero-order valence-electron chi connectivity index (χ0n) is 24.3. The molecule has 0 spiro atoms. The van der Waals surface area contributed by atoms with Crippen LogP contribution in [-0.2, 0) is 5.41 Å². The van der Waals surface area contributed by atoms with Crippen LogP contribution in [0.2, 0.25) is 0 Å². The fourth-order valence-electron chi connectivity index (χ4n) is 6.15. The number of nitrogens with zero attached hydrogens (tertiary/aromatic N) is 4. The molecule has 8 rings (SSSR count). The van der Waals surface area contributed by atoms with Crippen LogP contribution in [0.4, 0.5) is 0 Å². The highest BCUT2D eigenvalue weighted by atomic mass is 16.5. The van der Waals surface area contributed by atoms with E-state index in [0.717, 1.165) is 56.0 Å². The highest BCUT2D eigenvalue weighted by Gasteiger charge is 2.19. The number of benzene rings is 4. The third kappa shape index (κ3) is 4.16. The Labute approximate surface area is 249 Å². The van der Waals surface area contributed by atoms with E-state index in [0.29, 0.717) is 0 Å². The van der Waals surface area contributed by atoms with Crippen molar-refractivity contribution in [3.05, 3.63) is 133 Å². The maximum atomic E-state index is 6.58. The normalized spacial score (nSPS) is 12.1. The topological polar surface area (TPSA) is 44.9 Å². The summed E-state index contributed by atoms with van der Waals surface area (Å²) in [6.45, 7) is 6.69. The summed E-state index contributed by atoms with van der Waals surface area (Å²) >= 11 is 0. The molecule has 5 heteroatoms. The molecule has 0 aliphatic carbocycles. The van der Waals surface area contributed by atoms with Crippen LogP contribution in [0, 0.1) is 0 Å². The number of fused-ring (bicyclic) bond motifs is 6. The Kier molecular flexibility index (Phi) is 5.63. The molecule has 0 aliphatic heterocycles. The van der Waals surface area contributed by atoms with Gasteiger partial charge in [-0.05, 0) is 71.6 Å². The summed E-state index contributed by atoms with van der Waals surface area (Å²) in [6, 6.07) is 39.9. The molecule has 0 atom stereocenters. The molecule has 4 aromatic heterocycles. The lowest BCUT2D eigenvalue weighted by Gasteiger charge is -2.20. The van der Waals surface area contributed by atoms with Gasteiger partial charge in [-0.15, -0.1) is 0 Å². The summed E-state index contributed by atoms with van der Waals surface area (Å²) < 4.78 is 11.0. The van der Waals surface area contributed by atoms with E-state index in [9.17, 15) is 0 Å². The Morgan fingerprint density at radius 3 is 1.60 bits per heavy atom. The van der Waals surface area contributed by atoms with Crippen molar-refractivity contribution in [3.8, 4) is 23.1 Å². The summed E-state index contributed by atoms with van der Waals surface area (Å²) in [4.78, 5) is 9.48. The predicted octanol–water partition coefficient (Wildman–Crippen LogP) is 9.76. The van der Waals surface area contributed by atoms with Gasteiger partial charge in [-0.25, -0.2) is 9.97 Å². The third-order valence-electron chi connectivity index (χ3n) is 8.25. The van der Waals surface area contributed by atoms with Crippen LogP contribution in [0.25, 0.3) is 55.2 Å². The minimum Gasteiger partial charge on any atom is -0.457 e. The maximum absolute atomic E-state index is 6.58. The second-order valence-corrected chi connectivity index (χ2v) is 12.0. The van der Waals surface area contributed by atoms with Crippen molar-refractivity contribution in [1.82, 2.24) is 19.1 Å². The molecule has 0 unspecified atom stereocenters. The lowest BCUT2D eigenvalue weighted by Crippen LogP contribution is -2.12. The lowest BCUT2D eigenvalue weighted by atomic mass is 9.88. The van der Waals surface area contributed by atoms with Crippen LogP contribution >= 0.6 is 0 Å². The van der Waals surface area contributed by atoms with Crippen LogP contribution in [0.1, 0.15) is 26.3 Å². The lowest BCUT2D eigenvalue weighted by molar-refractivity contribution is 0.484. The minimum atomic E-state index is 0.0150. The molecule has 0 bridgehead atoms. The molecule has 0 saturated carbocycles. The zero-order chi connectivity index (χ0) is 29.1. The van der Waals surface area contributed by atoms with Gasteiger partial charge in [-0.1, -0.05) is 63.2 Å². The van der Waals surface area contributed by atoms with E-state index in [1.165, 1.54) is 16.3 Å². The number of hydrogen-bond donors (Lipinski definition) is 0. The molecular formula is C38H30N4O. The summed E-state index contributed by atoms with van der Waals surface area (Å²) in [6.07, 6.45) is 3.74. The Morgan fingerprint density at radius 1 is 0.488 bits per heavy atom. The molecule has 0 aliphatic rings. The number of rotatable bonds is 4. The zero-order valence-corrected chi connectivity index (χ0v) is 24.3.